The van der Waals surface area contributed by atoms with Crippen molar-refractivity contribution in [2.45, 2.75) is 6.54 Å². The average molecular weight is 443 g/mol. The first-order valence-electron chi connectivity index (χ1n) is 6.63. The molecule has 0 amide bonds. The van der Waals surface area contributed by atoms with E-state index in [-0.39, 0.29) is 0 Å². The third-order valence-corrected chi connectivity index (χ3v) is 4.36. The van der Waals surface area contributed by atoms with Gasteiger partial charge in [0.25, 0.3) is 6.01 Å². The molecule has 0 spiro atoms. The fraction of sp³-hybridized carbons (Fsp3) is 0.214. The van der Waals surface area contributed by atoms with Gasteiger partial charge in [-0.05, 0) is 49.6 Å². The fourth-order valence-electron chi connectivity index (χ4n) is 2.13. The lowest BCUT2D eigenvalue weighted by Gasteiger charge is -2.10. The Hall–Kier alpha value is -1.87. The maximum Gasteiger partial charge on any atom is 0.295 e. The lowest BCUT2D eigenvalue weighted by molar-refractivity contribution is 0.386. The first kappa shape index (κ1) is 16.0. The molecule has 3 rings (SSSR count). The Labute approximate surface area is 149 Å². The molecule has 7 nitrogen and oxygen atoms in total. The molecular weight excluding hydrogens is 430 g/mol. The van der Waals surface area contributed by atoms with E-state index in [2.05, 4.69) is 57.1 Å². The first-order valence-corrected chi connectivity index (χ1v) is 8.21. The highest BCUT2D eigenvalue weighted by molar-refractivity contribution is 9.11. The summed E-state index contributed by atoms with van der Waals surface area (Å²) in [5, 5.41) is 3.27. The number of H-pyrrole nitrogens is 1. The number of methoxy groups -OCH3 is 2. The third kappa shape index (κ3) is 3.25. The van der Waals surface area contributed by atoms with Gasteiger partial charge in [-0.25, -0.2) is 9.97 Å². The van der Waals surface area contributed by atoms with Gasteiger partial charge in [0.05, 0.1) is 23.2 Å². The van der Waals surface area contributed by atoms with Gasteiger partial charge in [0.15, 0.2) is 11.5 Å². The van der Waals surface area contributed by atoms with Crippen molar-refractivity contribution >= 4 is 48.8 Å². The maximum absolute atomic E-state index is 5.30. The van der Waals surface area contributed by atoms with E-state index < -0.39 is 0 Å². The lowest BCUT2D eigenvalue weighted by atomic mass is 10.2. The zero-order valence-corrected chi connectivity index (χ0v) is 15.5. The van der Waals surface area contributed by atoms with Gasteiger partial charge >= 0.3 is 0 Å². The molecule has 2 aromatic heterocycles. The molecule has 2 N–H and O–H groups in total. The number of ether oxygens (including phenoxy) is 2. The number of rotatable bonds is 5. The summed E-state index contributed by atoms with van der Waals surface area (Å²) in [4.78, 5) is 15.6. The topological polar surface area (TPSA) is 85.0 Å². The predicted octanol–water partition coefficient (Wildman–Crippen LogP) is 3.51. The Morgan fingerprint density at radius 3 is 2.52 bits per heavy atom. The molecule has 2 heterocycles. The Morgan fingerprint density at radius 2 is 1.87 bits per heavy atom. The van der Waals surface area contributed by atoms with Crippen molar-refractivity contribution in [3.8, 4) is 11.8 Å². The second kappa shape index (κ2) is 6.71. The monoisotopic (exact) mass is 441 g/mol. The van der Waals surface area contributed by atoms with Crippen molar-refractivity contribution in [3.05, 3.63) is 33.0 Å². The second-order valence-electron chi connectivity index (χ2n) is 4.61. The highest BCUT2D eigenvalue weighted by atomic mass is 79.9. The van der Waals surface area contributed by atoms with Crippen LogP contribution in [0.5, 0.6) is 11.8 Å². The molecule has 1 aromatic carbocycles. The van der Waals surface area contributed by atoms with Crippen LogP contribution in [0.3, 0.4) is 0 Å². The molecule has 3 aromatic rings. The van der Waals surface area contributed by atoms with Crippen LogP contribution in [0.1, 0.15) is 5.56 Å². The summed E-state index contributed by atoms with van der Waals surface area (Å²) in [6.45, 7) is 0.578. The molecule has 0 atom stereocenters. The minimum Gasteiger partial charge on any atom is -0.494 e. The van der Waals surface area contributed by atoms with E-state index in [0.29, 0.717) is 29.5 Å². The number of hydrogen-bond acceptors (Lipinski definition) is 6. The number of imidazole rings is 1. The van der Waals surface area contributed by atoms with Gasteiger partial charge in [0.2, 0.25) is 0 Å². The van der Waals surface area contributed by atoms with E-state index in [0.717, 1.165) is 20.3 Å². The standard InChI is InChI=1S/C14H13Br2N5O2/c1-22-11-8(15)3-7(4-9(11)16)5-17-12-10-13(19-6-18-12)21-14(20-10)23-2/h3-4,6H,5H2,1-2H3,(H2,17,18,19,20,21). The smallest absolute Gasteiger partial charge is 0.295 e. The Balaban J connectivity index is 1.85. The van der Waals surface area contributed by atoms with Crippen molar-refractivity contribution < 1.29 is 9.47 Å². The molecule has 0 radical (unpaired) electrons. The highest BCUT2D eigenvalue weighted by Gasteiger charge is 2.11. The van der Waals surface area contributed by atoms with E-state index >= 15 is 0 Å². The van der Waals surface area contributed by atoms with Crippen LogP contribution in [0.2, 0.25) is 0 Å². The van der Waals surface area contributed by atoms with Crippen LogP contribution >= 0.6 is 31.9 Å². The Kier molecular flexibility index (Phi) is 4.67. The third-order valence-electron chi connectivity index (χ3n) is 3.18. The minimum atomic E-state index is 0.401. The van der Waals surface area contributed by atoms with E-state index in [9.17, 15) is 0 Å². The maximum atomic E-state index is 5.30. The van der Waals surface area contributed by atoms with Gasteiger partial charge in [-0.15, -0.1) is 0 Å². The number of anilines is 1. The lowest BCUT2D eigenvalue weighted by Crippen LogP contribution is -2.03. The largest absolute Gasteiger partial charge is 0.494 e. The van der Waals surface area contributed by atoms with E-state index in [1.54, 1.807) is 14.2 Å². The van der Waals surface area contributed by atoms with Gasteiger partial charge in [0, 0.05) is 6.54 Å². The quantitative estimate of drug-likeness (QED) is 0.628. The van der Waals surface area contributed by atoms with Crippen molar-refractivity contribution in [2.24, 2.45) is 0 Å². The molecule has 23 heavy (non-hydrogen) atoms. The summed E-state index contributed by atoms with van der Waals surface area (Å²) in [7, 11) is 3.18. The molecule has 0 saturated heterocycles. The summed E-state index contributed by atoms with van der Waals surface area (Å²) in [6, 6.07) is 4.38. The summed E-state index contributed by atoms with van der Waals surface area (Å²) in [5.41, 5.74) is 2.32. The summed E-state index contributed by atoms with van der Waals surface area (Å²) in [5.74, 6) is 1.42. The zero-order valence-electron chi connectivity index (χ0n) is 12.4. The van der Waals surface area contributed by atoms with E-state index in [1.807, 2.05) is 12.1 Å². The van der Waals surface area contributed by atoms with Crippen LogP contribution in [0.4, 0.5) is 5.82 Å². The molecule has 0 aliphatic heterocycles. The molecule has 120 valence electrons. The number of nitrogens with zero attached hydrogens (tertiary/aromatic N) is 3. The Morgan fingerprint density at radius 1 is 1.13 bits per heavy atom. The molecule has 0 aliphatic carbocycles. The summed E-state index contributed by atoms with van der Waals surface area (Å²) in [6.07, 6.45) is 1.46. The number of halogens is 2. The number of nitrogens with one attached hydrogen (secondary N) is 2. The number of benzene rings is 1. The van der Waals surface area contributed by atoms with Crippen LogP contribution in [0, 0.1) is 0 Å². The van der Waals surface area contributed by atoms with Gasteiger partial charge in [0.1, 0.15) is 17.6 Å². The molecule has 0 unspecified atom stereocenters. The van der Waals surface area contributed by atoms with Gasteiger partial charge in [-0.1, -0.05) is 0 Å². The number of fused-ring (bicyclic) bond motifs is 1. The highest BCUT2D eigenvalue weighted by Crippen LogP contribution is 2.34. The number of aromatic nitrogens is 4. The molecule has 0 aliphatic rings. The fourth-order valence-corrected chi connectivity index (χ4v) is 3.74. The second-order valence-corrected chi connectivity index (χ2v) is 6.32. The van der Waals surface area contributed by atoms with Gasteiger partial charge in [-0.2, -0.15) is 4.98 Å². The van der Waals surface area contributed by atoms with Crippen molar-refractivity contribution in [1.82, 2.24) is 19.9 Å². The minimum absolute atomic E-state index is 0.401. The van der Waals surface area contributed by atoms with Crippen LogP contribution in [0.25, 0.3) is 11.2 Å². The first-order chi connectivity index (χ1) is 11.1. The van der Waals surface area contributed by atoms with Crippen molar-refractivity contribution in [1.29, 1.82) is 0 Å². The predicted molar refractivity (Wildman–Crippen MR) is 94.0 cm³/mol. The van der Waals surface area contributed by atoms with Crippen LogP contribution in [-0.4, -0.2) is 34.2 Å². The van der Waals surface area contributed by atoms with E-state index in [4.69, 9.17) is 9.47 Å². The number of aromatic amines is 1. The van der Waals surface area contributed by atoms with Crippen molar-refractivity contribution in [3.63, 3.8) is 0 Å². The van der Waals surface area contributed by atoms with E-state index in [1.165, 1.54) is 6.33 Å². The zero-order chi connectivity index (χ0) is 16.4. The number of hydrogen-bond donors (Lipinski definition) is 2. The van der Waals surface area contributed by atoms with Gasteiger partial charge in [-0.3, -0.25) is 0 Å². The molecule has 0 fully saturated rings. The van der Waals surface area contributed by atoms with Gasteiger partial charge < -0.3 is 19.8 Å². The Bertz CT molecular complexity index is 829. The molecule has 0 saturated carbocycles. The molecular formula is C14H13Br2N5O2. The van der Waals surface area contributed by atoms with Crippen LogP contribution < -0.4 is 14.8 Å². The summed E-state index contributed by atoms with van der Waals surface area (Å²) < 4.78 is 12.1. The van der Waals surface area contributed by atoms with Crippen molar-refractivity contribution in [2.75, 3.05) is 19.5 Å². The van der Waals surface area contributed by atoms with Crippen LogP contribution in [0.15, 0.2) is 27.4 Å². The SMILES string of the molecule is COc1nc2ncnc(NCc3cc(Br)c(OC)c(Br)c3)c2[nH]1. The average Bonchev–Trinajstić information content (AvgIpc) is 2.96. The summed E-state index contributed by atoms with van der Waals surface area (Å²) >= 11 is 6.99. The molecule has 0 bridgehead atoms. The molecule has 9 heteroatoms. The normalized spacial score (nSPS) is 10.8. The van der Waals surface area contributed by atoms with Crippen LogP contribution in [-0.2, 0) is 6.54 Å².